The molecule has 0 unspecified atom stereocenters. The molecule has 0 atom stereocenters. The molecule has 0 aliphatic rings. The Kier molecular flexibility index (Phi) is 5.51. The maximum absolute atomic E-state index is 6.11. The number of nitrogens with one attached hydrogen (secondary N) is 2. The quantitative estimate of drug-likeness (QED) is 0.388. The number of hydrogen-bond acceptors (Lipinski definition) is 2. The van der Waals surface area contributed by atoms with Crippen molar-refractivity contribution in [2.45, 2.75) is 20.4 Å². The molecule has 6 heteroatoms. The predicted octanol–water partition coefficient (Wildman–Crippen LogP) is 6.16. The molecule has 0 aliphatic heterocycles. The van der Waals surface area contributed by atoms with Crippen LogP contribution < -0.4 is 10.6 Å². The fraction of sp³-hybridized carbons (Fsp3) is 0.130. The monoisotopic (exact) mass is 420 g/mol. The van der Waals surface area contributed by atoms with Crippen molar-refractivity contribution in [3.05, 3.63) is 88.7 Å². The van der Waals surface area contributed by atoms with Gasteiger partial charge in [0.25, 0.3) is 0 Å². The van der Waals surface area contributed by atoms with Gasteiger partial charge in [-0.2, -0.15) is 5.10 Å². The maximum Gasteiger partial charge on any atom is 0.175 e. The van der Waals surface area contributed by atoms with Gasteiger partial charge in [-0.1, -0.05) is 60.1 Å². The van der Waals surface area contributed by atoms with E-state index >= 15 is 0 Å². The lowest BCUT2D eigenvalue weighted by Gasteiger charge is -2.13. The average Bonchev–Trinajstić information content (AvgIpc) is 2.96. The maximum atomic E-state index is 6.11. The first kappa shape index (κ1) is 19.4. The fourth-order valence-corrected chi connectivity index (χ4v) is 3.87. The molecule has 3 aromatic carbocycles. The molecule has 0 amide bonds. The molecule has 0 aliphatic carbocycles. The van der Waals surface area contributed by atoms with E-state index in [4.69, 9.17) is 23.8 Å². The molecule has 0 saturated carbocycles. The van der Waals surface area contributed by atoms with Crippen molar-refractivity contribution in [2.24, 2.45) is 0 Å². The summed E-state index contributed by atoms with van der Waals surface area (Å²) in [5, 5.41) is 14.9. The fourth-order valence-electron chi connectivity index (χ4n) is 3.44. The number of benzene rings is 3. The Labute approximate surface area is 180 Å². The Hall–Kier alpha value is -2.89. The standard InChI is InChI=1S/C23H21ClN4S/c1-15-22(16(2)28(27-15)14-17-7-5-10-19(24)13-17)26-23(29)25-21-12-6-9-18-8-3-4-11-20(18)21/h3-13H,14H2,1-2H3,(H2,25,26,29). The highest BCUT2D eigenvalue weighted by Gasteiger charge is 2.14. The van der Waals surface area contributed by atoms with E-state index in [0.29, 0.717) is 11.7 Å². The van der Waals surface area contributed by atoms with Crippen LogP contribution in [0.25, 0.3) is 10.8 Å². The second kappa shape index (κ2) is 8.23. The summed E-state index contributed by atoms with van der Waals surface area (Å²) in [5.41, 5.74) is 4.91. The minimum absolute atomic E-state index is 0.537. The van der Waals surface area contributed by atoms with Crippen LogP contribution in [-0.4, -0.2) is 14.9 Å². The second-order valence-corrected chi connectivity index (χ2v) is 7.78. The van der Waals surface area contributed by atoms with E-state index in [9.17, 15) is 0 Å². The summed E-state index contributed by atoms with van der Waals surface area (Å²) in [6.45, 7) is 4.66. The third kappa shape index (κ3) is 4.26. The zero-order valence-electron chi connectivity index (χ0n) is 16.2. The molecule has 4 nitrogen and oxygen atoms in total. The van der Waals surface area contributed by atoms with Crippen LogP contribution in [0.1, 0.15) is 17.0 Å². The molecular weight excluding hydrogens is 400 g/mol. The SMILES string of the molecule is Cc1nn(Cc2cccc(Cl)c2)c(C)c1NC(=S)Nc1cccc2ccccc12. The van der Waals surface area contributed by atoms with Gasteiger partial charge >= 0.3 is 0 Å². The lowest BCUT2D eigenvalue weighted by Crippen LogP contribution is -2.20. The number of anilines is 2. The van der Waals surface area contributed by atoms with Gasteiger partial charge in [-0.25, -0.2) is 0 Å². The van der Waals surface area contributed by atoms with Gasteiger partial charge in [-0.3, -0.25) is 4.68 Å². The van der Waals surface area contributed by atoms with E-state index in [2.05, 4.69) is 33.9 Å². The van der Waals surface area contributed by atoms with Gasteiger partial charge < -0.3 is 10.6 Å². The third-order valence-electron chi connectivity index (χ3n) is 4.88. The largest absolute Gasteiger partial charge is 0.332 e. The molecular formula is C23H21ClN4S. The average molecular weight is 421 g/mol. The van der Waals surface area contributed by atoms with Gasteiger partial charge in [0.1, 0.15) is 0 Å². The van der Waals surface area contributed by atoms with Gasteiger partial charge in [-0.15, -0.1) is 0 Å². The predicted molar refractivity (Wildman–Crippen MR) is 126 cm³/mol. The van der Waals surface area contributed by atoms with E-state index in [1.807, 2.05) is 67.1 Å². The van der Waals surface area contributed by atoms with Gasteiger partial charge in [0, 0.05) is 16.1 Å². The summed E-state index contributed by atoms with van der Waals surface area (Å²) in [4.78, 5) is 0. The van der Waals surface area contributed by atoms with Crippen LogP contribution in [0.5, 0.6) is 0 Å². The first-order valence-corrected chi connectivity index (χ1v) is 10.1. The topological polar surface area (TPSA) is 41.9 Å². The number of aromatic nitrogens is 2. The van der Waals surface area contributed by atoms with Crippen molar-refractivity contribution >= 4 is 51.1 Å². The Morgan fingerprint density at radius 3 is 2.59 bits per heavy atom. The summed E-state index contributed by atoms with van der Waals surface area (Å²) in [5.74, 6) is 0. The van der Waals surface area contributed by atoms with Gasteiger partial charge in [0.15, 0.2) is 5.11 Å². The number of rotatable bonds is 4. The van der Waals surface area contributed by atoms with E-state index in [1.54, 1.807) is 0 Å². The number of hydrogen-bond donors (Lipinski definition) is 2. The molecule has 0 bridgehead atoms. The first-order chi connectivity index (χ1) is 14.0. The van der Waals surface area contributed by atoms with Crippen molar-refractivity contribution in [3.8, 4) is 0 Å². The van der Waals surface area contributed by atoms with Crippen LogP contribution >= 0.6 is 23.8 Å². The smallest absolute Gasteiger partial charge is 0.175 e. The molecule has 146 valence electrons. The molecule has 1 heterocycles. The lowest BCUT2D eigenvalue weighted by molar-refractivity contribution is 0.659. The highest BCUT2D eigenvalue weighted by molar-refractivity contribution is 7.80. The highest BCUT2D eigenvalue weighted by atomic mass is 35.5. The normalized spacial score (nSPS) is 10.9. The number of halogens is 1. The minimum Gasteiger partial charge on any atom is -0.332 e. The van der Waals surface area contributed by atoms with E-state index in [1.165, 1.54) is 5.39 Å². The number of aryl methyl sites for hydroxylation is 1. The second-order valence-electron chi connectivity index (χ2n) is 6.94. The molecule has 4 rings (SSSR count). The lowest BCUT2D eigenvalue weighted by atomic mass is 10.1. The summed E-state index contributed by atoms with van der Waals surface area (Å²) in [6, 6.07) is 22.2. The molecule has 0 saturated heterocycles. The van der Waals surface area contributed by atoms with Crippen molar-refractivity contribution in [2.75, 3.05) is 10.6 Å². The van der Waals surface area contributed by atoms with Crippen LogP contribution in [0.3, 0.4) is 0 Å². The first-order valence-electron chi connectivity index (χ1n) is 9.35. The zero-order valence-corrected chi connectivity index (χ0v) is 17.8. The Morgan fingerprint density at radius 2 is 1.76 bits per heavy atom. The van der Waals surface area contributed by atoms with E-state index < -0.39 is 0 Å². The molecule has 29 heavy (non-hydrogen) atoms. The van der Waals surface area contributed by atoms with Crippen LogP contribution in [0, 0.1) is 13.8 Å². The number of nitrogens with zero attached hydrogens (tertiary/aromatic N) is 2. The van der Waals surface area contributed by atoms with Crippen LogP contribution in [0.15, 0.2) is 66.7 Å². The third-order valence-corrected chi connectivity index (χ3v) is 5.32. The molecule has 0 radical (unpaired) electrons. The Balaban J connectivity index is 1.53. The summed E-state index contributed by atoms with van der Waals surface area (Å²) >= 11 is 11.7. The summed E-state index contributed by atoms with van der Waals surface area (Å²) in [7, 11) is 0. The molecule has 0 fully saturated rings. The summed E-state index contributed by atoms with van der Waals surface area (Å²) in [6.07, 6.45) is 0. The minimum atomic E-state index is 0.537. The van der Waals surface area contributed by atoms with Crippen LogP contribution in [-0.2, 0) is 6.54 Å². The molecule has 1 aromatic heterocycles. The Morgan fingerprint density at radius 1 is 1.00 bits per heavy atom. The van der Waals surface area contributed by atoms with Crippen LogP contribution in [0.4, 0.5) is 11.4 Å². The van der Waals surface area contributed by atoms with Crippen molar-refractivity contribution < 1.29 is 0 Å². The van der Waals surface area contributed by atoms with Crippen molar-refractivity contribution in [3.63, 3.8) is 0 Å². The highest BCUT2D eigenvalue weighted by Crippen LogP contribution is 2.25. The summed E-state index contributed by atoms with van der Waals surface area (Å²) < 4.78 is 1.96. The van der Waals surface area contributed by atoms with Crippen molar-refractivity contribution in [1.29, 1.82) is 0 Å². The van der Waals surface area contributed by atoms with Gasteiger partial charge in [0.05, 0.1) is 23.6 Å². The molecule has 4 aromatic rings. The van der Waals surface area contributed by atoms with E-state index in [-0.39, 0.29) is 0 Å². The Bertz CT molecular complexity index is 1190. The zero-order chi connectivity index (χ0) is 20.4. The van der Waals surface area contributed by atoms with Crippen molar-refractivity contribution in [1.82, 2.24) is 9.78 Å². The molecule has 2 N–H and O–H groups in total. The number of thiocarbonyl (C=S) groups is 1. The van der Waals surface area contributed by atoms with Gasteiger partial charge in [-0.05, 0) is 55.2 Å². The number of fused-ring (bicyclic) bond motifs is 1. The van der Waals surface area contributed by atoms with Gasteiger partial charge in [0.2, 0.25) is 0 Å². The van der Waals surface area contributed by atoms with Crippen LogP contribution in [0.2, 0.25) is 5.02 Å². The molecule has 0 spiro atoms. The van der Waals surface area contributed by atoms with E-state index in [0.717, 1.165) is 38.7 Å².